The third-order valence-electron chi connectivity index (χ3n) is 4.66. The molecule has 0 saturated heterocycles. The number of para-hydroxylation sites is 1. The van der Waals surface area contributed by atoms with Crippen molar-refractivity contribution in [3.05, 3.63) is 65.7 Å². The van der Waals surface area contributed by atoms with Crippen LogP contribution in [0, 0.1) is 0 Å². The lowest BCUT2D eigenvalue weighted by Gasteiger charge is -2.25. The van der Waals surface area contributed by atoms with Gasteiger partial charge < -0.3 is 16.0 Å². The smallest absolute Gasteiger partial charge is 0.221 e. The Bertz CT molecular complexity index is 686. The van der Waals surface area contributed by atoms with Crippen LogP contribution in [0.25, 0.3) is 0 Å². The Kier molecular flexibility index (Phi) is 5.16. The van der Waals surface area contributed by atoms with E-state index in [0.717, 1.165) is 18.5 Å². The Morgan fingerprint density at radius 1 is 1.21 bits per heavy atom. The van der Waals surface area contributed by atoms with Crippen LogP contribution >= 0.6 is 0 Å². The van der Waals surface area contributed by atoms with Gasteiger partial charge in [0.15, 0.2) is 0 Å². The zero-order chi connectivity index (χ0) is 16.9. The highest BCUT2D eigenvalue weighted by molar-refractivity contribution is 5.76. The van der Waals surface area contributed by atoms with Crippen LogP contribution in [0.4, 0.5) is 5.69 Å². The minimum atomic E-state index is -0.252. The molecule has 2 aromatic rings. The molecule has 24 heavy (non-hydrogen) atoms. The summed E-state index contributed by atoms with van der Waals surface area (Å²) in [7, 11) is 0. The van der Waals surface area contributed by atoms with Crippen molar-refractivity contribution in [3.8, 4) is 0 Å². The standard InChI is InChI=1S/C20H25N3O/c1-15-13-17-9-5-6-10-19(17)23(15)12-11-22-20(24)14-18(21)16-7-3-2-4-8-16/h2-10,15,18H,11-14,21H2,1H3,(H,22,24). The second kappa shape index (κ2) is 7.49. The Hall–Kier alpha value is -2.33. The lowest BCUT2D eigenvalue weighted by Crippen LogP contribution is -2.38. The van der Waals surface area contributed by atoms with Crippen molar-refractivity contribution in [2.24, 2.45) is 5.73 Å². The van der Waals surface area contributed by atoms with E-state index in [9.17, 15) is 4.79 Å². The predicted octanol–water partition coefficient (Wildman–Crippen LogP) is 2.64. The number of carbonyl (C=O) groups is 1. The fourth-order valence-electron chi connectivity index (χ4n) is 3.38. The highest BCUT2D eigenvalue weighted by Gasteiger charge is 2.24. The Balaban J connectivity index is 1.47. The number of nitrogens with two attached hydrogens (primary N) is 1. The van der Waals surface area contributed by atoms with Crippen LogP contribution < -0.4 is 16.0 Å². The molecule has 126 valence electrons. The molecule has 2 unspecified atom stereocenters. The molecule has 4 heteroatoms. The van der Waals surface area contributed by atoms with Crippen LogP contribution in [0.3, 0.4) is 0 Å². The van der Waals surface area contributed by atoms with Gasteiger partial charge in [-0.2, -0.15) is 0 Å². The first-order chi connectivity index (χ1) is 11.6. The summed E-state index contributed by atoms with van der Waals surface area (Å²) in [5.41, 5.74) is 9.78. The van der Waals surface area contributed by atoms with Crippen LogP contribution in [-0.2, 0) is 11.2 Å². The average Bonchev–Trinajstić information content (AvgIpc) is 2.91. The van der Waals surface area contributed by atoms with Crippen molar-refractivity contribution >= 4 is 11.6 Å². The molecule has 3 rings (SSSR count). The molecule has 0 aromatic heterocycles. The van der Waals surface area contributed by atoms with Crippen molar-refractivity contribution in [1.82, 2.24) is 5.32 Å². The number of amides is 1. The third-order valence-corrected chi connectivity index (χ3v) is 4.66. The molecule has 0 fully saturated rings. The summed E-state index contributed by atoms with van der Waals surface area (Å²) < 4.78 is 0. The number of anilines is 1. The maximum absolute atomic E-state index is 12.1. The SMILES string of the molecule is CC1Cc2ccccc2N1CCNC(=O)CC(N)c1ccccc1. The second-order valence-corrected chi connectivity index (χ2v) is 6.45. The second-order valence-electron chi connectivity index (χ2n) is 6.45. The quantitative estimate of drug-likeness (QED) is 0.859. The third kappa shape index (κ3) is 3.77. The number of hydrogen-bond acceptors (Lipinski definition) is 3. The van der Waals surface area contributed by atoms with Gasteiger partial charge in [-0.1, -0.05) is 48.5 Å². The first-order valence-electron chi connectivity index (χ1n) is 8.57. The largest absolute Gasteiger partial charge is 0.367 e. The van der Waals surface area contributed by atoms with E-state index in [4.69, 9.17) is 5.73 Å². The summed E-state index contributed by atoms with van der Waals surface area (Å²) in [5, 5.41) is 3.00. The van der Waals surface area contributed by atoms with Crippen LogP contribution in [0.15, 0.2) is 54.6 Å². The lowest BCUT2D eigenvalue weighted by molar-refractivity contribution is -0.121. The molecule has 0 bridgehead atoms. The van der Waals surface area contributed by atoms with Gasteiger partial charge in [-0.05, 0) is 30.5 Å². The van der Waals surface area contributed by atoms with Gasteiger partial charge in [-0.15, -0.1) is 0 Å². The summed E-state index contributed by atoms with van der Waals surface area (Å²) in [5.74, 6) is 0.00601. The summed E-state index contributed by atoms with van der Waals surface area (Å²) in [6, 6.07) is 18.5. The highest BCUT2D eigenvalue weighted by atomic mass is 16.1. The van der Waals surface area contributed by atoms with E-state index >= 15 is 0 Å². The van der Waals surface area contributed by atoms with Crippen molar-refractivity contribution in [1.29, 1.82) is 0 Å². The van der Waals surface area contributed by atoms with E-state index in [2.05, 4.69) is 41.4 Å². The Morgan fingerprint density at radius 2 is 1.92 bits per heavy atom. The van der Waals surface area contributed by atoms with Crippen LogP contribution in [-0.4, -0.2) is 25.0 Å². The van der Waals surface area contributed by atoms with E-state index in [-0.39, 0.29) is 11.9 Å². The molecule has 2 aromatic carbocycles. The van der Waals surface area contributed by atoms with Crippen molar-refractivity contribution in [2.75, 3.05) is 18.0 Å². The van der Waals surface area contributed by atoms with Crippen molar-refractivity contribution in [2.45, 2.75) is 31.8 Å². The van der Waals surface area contributed by atoms with Crippen LogP contribution in [0.1, 0.15) is 30.5 Å². The number of fused-ring (bicyclic) bond motifs is 1. The van der Waals surface area contributed by atoms with E-state index in [0.29, 0.717) is 19.0 Å². The summed E-state index contributed by atoms with van der Waals surface area (Å²) in [6.45, 7) is 3.69. The Morgan fingerprint density at radius 3 is 2.71 bits per heavy atom. The number of carbonyl (C=O) groups excluding carboxylic acids is 1. The first kappa shape index (κ1) is 16.5. The summed E-state index contributed by atoms with van der Waals surface area (Å²) in [4.78, 5) is 14.5. The molecule has 0 radical (unpaired) electrons. The minimum absolute atomic E-state index is 0.00601. The maximum atomic E-state index is 12.1. The maximum Gasteiger partial charge on any atom is 0.221 e. The van der Waals surface area contributed by atoms with Crippen molar-refractivity contribution < 1.29 is 4.79 Å². The molecule has 3 N–H and O–H groups in total. The fraction of sp³-hybridized carbons (Fsp3) is 0.350. The molecule has 0 aliphatic carbocycles. The van der Waals surface area contributed by atoms with Gasteiger partial charge in [0.05, 0.1) is 0 Å². The van der Waals surface area contributed by atoms with Gasteiger partial charge in [0.2, 0.25) is 5.91 Å². The average molecular weight is 323 g/mol. The van der Waals surface area contributed by atoms with Gasteiger partial charge in [0.25, 0.3) is 0 Å². The number of nitrogens with zero attached hydrogens (tertiary/aromatic N) is 1. The summed E-state index contributed by atoms with van der Waals surface area (Å²) >= 11 is 0. The molecular formula is C20H25N3O. The number of benzene rings is 2. The topological polar surface area (TPSA) is 58.4 Å². The van der Waals surface area contributed by atoms with E-state index in [1.165, 1.54) is 11.3 Å². The molecule has 1 heterocycles. The highest BCUT2D eigenvalue weighted by Crippen LogP contribution is 2.31. The minimum Gasteiger partial charge on any atom is -0.367 e. The fourth-order valence-corrected chi connectivity index (χ4v) is 3.38. The Labute approximate surface area is 143 Å². The summed E-state index contributed by atoms with van der Waals surface area (Å²) in [6.07, 6.45) is 1.39. The molecule has 0 spiro atoms. The number of nitrogens with one attached hydrogen (secondary N) is 1. The van der Waals surface area contributed by atoms with Gasteiger partial charge in [-0.3, -0.25) is 4.79 Å². The first-order valence-corrected chi connectivity index (χ1v) is 8.57. The molecular weight excluding hydrogens is 298 g/mol. The number of rotatable bonds is 6. The van der Waals surface area contributed by atoms with E-state index < -0.39 is 0 Å². The van der Waals surface area contributed by atoms with Gasteiger partial charge in [0, 0.05) is 37.3 Å². The van der Waals surface area contributed by atoms with Gasteiger partial charge >= 0.3 is 0 Å². The van der Waals surface area contributed by atoms with Crippen LogP contribution in [0.2, 0.25) is 0 Å². The normalized spacial score (nSPS) is 17.4. The monoisotopic (exact) mass is 323 g/mol. The molecule has 1 amide bonds. The van der Waals surface area contributed by atoms with Gasteiger partial charge in [0.1, 0.15) is 0 Å². The molecule has 1 aliphatic heterocycles. The molecule has 1 aliphatic rings. The van der Waals surface area contributed by atoms with Crippen LogP contribution in [0.5, 0.6) is 0 Å². The van der Waals surface area contributed by atoms with Crippen molar-refractivity contribution in [3.63, 3.8) is 0 Å². The zero-order valence-electron chi connectivity index (χ0n) is 14.1. The number of hydrogen-bond donors (Lipinski definition) is 2. The van der Waals surface area contributed by atoms with E-state index in [1.807, 2.05) is 30.3 Å². The molecule has 4 nitrogen and oxygen atoms in total. The zero-order valence-corrected chi connectivity index (χ0v) is 14.1. The van der Waals surface area contributed by atoms with E-state index in [1.54, 1.807) is 0 Å². The molecule has 0 saturated carbocycles. The predicted molar refractivity (Wildman–Crippen MR) is 98.0 cm³/mol. The van der Waals surface area contributed by atoms with Gasteiger partial charge in [-0.25, -0.2) is 0 Å². The molecule has 2 atom stereocenters. The lowest BCUT2D eigenvalue weighted by atomic mass is 10.0.